The summed E-state index contributed by atoms with van der Waals surface area (Å²) in [5.41, 5.74) is 3.59. The number of ether oxygens (including phenoxy) is 1. The van der Waals surface area contributed by atoms with Gasteiger partial charge >= 0.3 is 0 Å². The highest BCUT2D eigenvalue weighted by Crippen LogP contribution is 2.35. The van der Waals surface area contributed by atoms with Gasteiger partial charge in [0.1, 0.15) is 12.4 Å². The van der Waals surface area contributed by atoms with E-state index in [-0.39, 0.29) is 0 Å². The molecule has 0 saturated carbocycles. The molecule has 4 heteroatoms. The first-order valence-electron chi connectivity index (χ1n) is 6.96. The zero-order chi connectivity index (χ0) is 16.8. The van der Waals surface area contributed by atoms with Crippen molar-refractivity contribution in [1.82, 2.24) is 0 Å². The first kappa shape index (κ1) is 17.5. The number of benzene rings is 2. The molecule has 0 amide bonds. The van der Waals surface area contributed by atoms with Crippen molar-refractivity contribution in [1.29, 1.82) is 5.26 Å². The van der Waals surface area contributed by atoms with Crippen LogP contribution in [0, 0.1) is 18.3 Å². The van der Waals surface area contributed by atoms with Crippen molar-refractivity contribution in [3.05, 3.63) is 74.7 Å². The second-order valence-electron chi connectivity index (χ2n) is 4.95. The summed E-state index contributed by atoms with van der Waals surface area (Å²) in [5, 5.41) is 9.44. The minimum atomic E-state index is 0.430. The van der Waals surface area contributed by atoms with E-state index >= 15 is 0 Å². The zero-order valence-electron chi connectivity index (χ0n) is 12.6. The Bertz CT molecular complexity index is 763. The second kappa shape index (κ2) is 8.14. The number of nitriles is 1. The number of halogens is 2. The van der Waals surface area contributed by atoms with Gasteiger partial charge < -0.3 is 4.74 Å². The summed E-state index contributed by atoms with van der Waals surface area (Å²) in [7, 11) is 0. The van der Waals surface area contributed by atoms with Crippen molar-refractivity contribution in [2.45, 2.75) is 6.92 Å². The van der Waals surface area contributed by atoms with Gasteiger partial charge in [-0.15, -0.1) is 0 Å². The van der Waals surface area contributed by atoms with E-state index in [9.17, 15) is 5.26 Å². The Balaban J connectivity index is 2.39. The molecule has 0 bridgehead atoms. The highest BCUT2D eigenvalue weighted by molar-refractivity contribution is 9.11. The molecule has 0 aliphatic carbocycles. The van der Waals surface area contributed by atoms with E-state index < -0.39 is 0 Å². The Morgan fingerprint density at radius 1 is 1.22 bits per heavy atom. The molecule has 0 unspecified atom stereocenters. The molecule has 0 N–H and O–H groups in total. The van der Waals surface area contributed by atoms with Gasteiger partial charge in [0.2, 0.25) is 0 Å². The number of allylic oxidation sites excluding steroid dienone is 1. The maximum atomic E-state index is 9.44. The summed E-state index contributed by atoms with van der Waals surface area (Å²) >= 11 is 7.01. The molecule has 0 saturated heterocycles. The maximum absolute atomic E-state index is 9.44. The van der Waals surface area contributed by atoms with E-state index in [1.54, 1.807) is 6.08 Å². The number of nitrogens with zero attached hydrogens (tertiary/aromatic N) is 1. The van der Waals surface area contributed by atoms with Crippen LogP contribution in [0.1, 0.15) is 16.7 Å². The number of hydrogen-bond donors (Lipinski definition) is 0. The van der Waals surface area contributed by atoms with Gasteiger partial charge in [-0.25, -0.2) is 0 Å². The van der Waals surface area contributed by atoms with E-state index in [1.165, 1.54) is 5.56 Å². The Labute approximate surface area is 153 Å². The molecule has 2 aromatic rings. The van der Waals surface area contributed by atoms with Crippen molar-refractivity contribution < 1.29 is 4.74 Å². The van der Waals surface area contributed by atoms with Crippen LogP contribution < -0.4 is 4.74 Å². The molecule has 0 aliphatic heterocycles. The molecular formula is C19H15Br2NO. The molecule has 0 aromatic heterocycles. The SMILES string of the molecule is C=CCOc1c(Br)cc(/C=C(\C#N)c2ccc(C)cc2)cc1Br. The monoisotopic (exact) mass is 431 g/mol. The summed E-state index contributed by atoms with van der Waals surface area (Å²) in [6.45, 7) is 6.09. The fourth-order valence-corrected chi connectivity index (χ4v) is 3.47. The quantitative estimate of drug-likeness (QED) is 0.322. The zero-order valence-corrected chi connectivity index (χ0v) is 15.8. The number of hydrogen-bond acceptors (Lipinski definition) is 2. The van der Waals surface area contributed by atoms with Crippen LogP contribution in [0.25, 0.3) is 11.6 Å². The van der Waals surface area contributed by atoms with Crippen LogP contribution in [0.2, 0.25) is 0 Å². The van der Waals surface area contributed by atoms with E-state index in [0.717, 1.165) is 25.8 Å². The van der Waals surface area contributed by atoms with E-state index in [0.29, 0.717) is 12.2 Å². The average molecular weight is 433 g/mol. The van der Waals surface area contributed by atoms with Crippen LogP contribution in [0.15, 0.2) is 58.0 Å². The Morgan fingerprint density at radius 3 is 2.35 bits per heavy atom. The molecular weight excluding hydrogens is 418 g/mol. The summed E-state index contributed by atoms with van der Waals surface area (Å²) in [5.74, 6) is 0.718. The largest absolute Gasteiger partial charge is 0.487 e. The van der Waals surface area contributed by atoms with Crippen molar-refractivity contribution in [3.8, 4) is 11.8 Å². The minimum Gasteiger partial charge on any atom is -0.487 e. The predicted octanol–water partition coefficient (Wildman–Crippen LogP) is 6.15. The fraction of sp³-hybridized carbons (Fsp3) is 0.105. The predicted molar refractivity (Wildman–Crippen MR) is 102 cm³/mol. The molecule has 0 atom stereocenters. The first-order valence-corrected chi connectivity index (χ1v) is 8.55. The van der Waals surface area contributed by atoms with Gasteiger partial charge in [-0.2, -0.15) is 5.26 Å². The molecule has 2 rings (SSSR count). The number of rotatable bonds is 5. The van der Waals surface area contributed by atoms with Crippen molar-refractivity contribution in [2.24, 2.45) is 0 Å². The Kier molecular flexibility index (Phi) is 6.20. The van der Waals surface area contributed by atoms with Crippen molar-refractivity contribution in [2.75, 3.05) is 6.61 Å². The van der Waals surface area contributed by atoms with Crippen molar-refractivity contribution in [3.63, 3.8) is 0 Å². The summed E-state index contributed by atoms with van der Waals surface area (Å²) in [6, 6.07) is 14.0. The van der Waals surface area contributed by atoms with Gasteiger partial charge in [0.05, 0.1) is 20.6 Å². The Hall–Kier alpha value is -1.83. The second-order valence-corrected chi connectivity index (χ2v) is 6.66. The maximum Gasteiger partial charge on any atom is 0.148 e. The third kappa shape index (κ3) is 4.57. The van der Waals surface area contributed by atoms with Gasteiger partial charge in [0.15, 0.2) is 0 Å². The Morgan fingerprint density at radius 2 is 1.83 bits per heavy atom. The van der Waals surface area contributed by atoms with E-state index in [4.69, 9.17) is 4.74 Å². The van der Waals surface area contributed by atoms with Crippen LogP contribution in [0.5, 0.6) is 5.75 Å². The highest BCUT2D eigenvalue weighted by atomic mass is 79.9. The van der Waals surface area contributed by atoms with E-state index in [2.05, 4.69) is 44.5 Å². The third-order valence-corrected chi connectivity index (χ3v) is 4.34. The molecule has 0 aliphatic rings. The lowest BCUT2D eigenvalue weighted by molar-refractivity contribution is 0.358. The molecule has 0 radical (unpaired) electrons. The molecule has 0 fully saturated rings. The third-order valence-electron chi connectivity index (χ3n) is 3.16. The average Bonchev–Trinajstić information content (AvgIpc) is 2.53. The topological polar surface area (TPSA) is 33.0 Å². The molecule has 2 aromatic carbocycles. The van der Waals surface area contributed by atoms with Gasteiger partial charge in [0, 0.05) is 0 Å². The normalized spacial score (nSPS) is 11.0. The summed E-state index contributed by atoms with van der Waals surface area (Å²) < 4.78 is 7.24. The van der Waals surface area contributed by atoms with E-state index in [1.807, 2.05) is 49.4 Å². The summed E-state index contributed by atoms with van der Waals surface area (Å²) in [6.07, 6.45) is 3.55. The smallest absolute Gasteiger partial charge is 0.148 e. The lowest BCUT2D eigenvalue weighted by Gasteiger charge is -2.10. The van der Waals surface area contributed by atoms with Crippen molar-refractivity contribution >= 4 is 43.5 Å². The van der Waals surface area contributed by atoms with Crippen LogP contribution in [-0.4, -0.2) is 6.61 Å². The molecule has 2 nitrogen and oxygen atoms in total. The molecule has 116 valence electrons. The summed E-state index contributed by atoms with van der Waals surface area (Å²) in [4.78, 5) is 0. The van der Waals surface area contributed by atoms with Gasteiger partial charge in [0.25, 0.3) is 0 Å². The molecule has 0 spiro atoms. The van der Waals surface area contributed by atoms with Crippen LogP contribution in [-0.2, 0) is 0 Å². The van der Waals surface area contributed by atoms with Crippen LogP contribution in [0.4, 0.5) is 0 Å². The highest BCUT2D eigenvalue weighted by Gasteiger charge is 2.09. The van der Waals surface area contributed by atoms with Gasteiger partial charge in [-0.1, -0.05) is 42.5 Å². The van der Waals surface area contributed by atoms with Crippen LogP contribution in [0.3, 0.4) is 0 Å². The molecule has 0 heterocycles. The minimum absolute atomic E-state index is 0.430. The fourth-order valence-electron chi connectivity index (χ4n) is 2.02. The van der Waals surface area contributed by atoms with Gasteiger partial charge in [-0.05, 0) is 68.1 Å². The standard InChI is InChI=1S/C19H15Br2NO/c1-3-8-23-19-17(20)10-14(11-18(19)21)9-16(12-22)15-6-4-13(2)5-7-15/h3-7,9-11H,1,8H2,2H3/b16-9+. The van der Waals surface area contributed by atoms with Gasteiger partial charge in [-0.3, -0.25) is 0 Å². The first-order chi connectivity index (χ1) is 11.0. The lowest BCUT2D eigenvalue weighted by Crippen LogP contribution is -1.95. The van der Waals surface area contributed by atoms with Crippen LogP contribution >= 0.6 is 31.9 Å². The number of aryl methyl sites for hydroxylation is 1. The molecule has 23 heavy (non-hydrogen) atoms. The lowest BCUT2D eigenvalue weighted by atomic mass is 10.0.